The molecule has 1 amide bonds. The molecular formula is C22H17F9N4O3. The van der Waals surface area contributed by atoms with Gasteiger partial charge in [0.1, 0.15) is 0 Å². The number of carbonyl (C=O) groups excluding carboxylic acids is 1. The summed E-state index contributed by atoms with van der Waals surface area (Å²) < 4.78 is 111. The Hall–Kier alpha value is -4.11. The topological polar surface area (TPSA) is 108 Å². The molecule has 16 heteroatoms. The van der Waals surface area contributed by atoms with E-state index in [1.807, 2.05) is 0 Å². The smallest absolute Gasteiger partial charge is 0.475 e. The van der Waals surface area contributed by atoms with E-state index in [0.29, 0.717) is 5.69 Å². The number of H-pyrrole nitrogens is 1. The first-order chi connectivity index (χ1) is 17.5. The molecule has 0 saturated carbocycles. The SMILES string of the molecule is O=C(CCc1c[nH]cn1)N[C@@H](c1ccc(C(F)(F)F)cc1)c1ncccc1C(F)(F)F.O=C(O)C(F)(F)F. The minimum absolute atomic E-state index is 0.0327. The van der Waals surface area contributed by atoms with Crippen molar-refractivity contribution in [3.63, 3.8) is 0 Å². The van der Waals surface area contributed by atoms with E-state index in [0.717, 1.165) is 42.6 Å². The maximum Gasteiger partial charge on any atom is 0.490 e. The summed E-state index contributed by atoms with van der Waals surface area (Å²) in [6.07, 6.45) is -10.2. The number of alkyl halides is 9. The van der Waals surface area contributed by atoms with Crippen LogP contribution in [0.15, 0.2) is 55.1 Å². The van der Waals surface area contributed by atoms with Gasteiger partial charge in [-0.2, -0.15) is 39.5 Å². The molecule has 2 heterocycles. The highest BCUT2D eigenvalue weighted by atomic mass is 19.4. The lowest BCUT2D eigenvalue weighted by Gasteiger charge is -2.23. The minimum Gasteiger partial charge on any atom is -0.475 e. The molecule has 2 aromatic heterocycles. The summed E-state index contributed by atoms with van der Waals surface area (Å²) in [6.45, 7) is 0. The van der Waals surface area contributed by atoms with E-state index in [4.69, 9.17) is 9.90 Å². The monoisotopic (exact) mass is 556 g/mol. The maximum absolute atomic E-state index is 13.5. The van der Waals surface area contributed by atoms with Crippen molar-refractivity contribution in [2.45, 2.75) is 37.4 Å². The van der Waals surface area contributed by atoms with E-state index in [1.165, 1.54) is 6.33 Å². The first kappa shape index (κ1) is 30.1. The Labute approximate surface area is 207 Å². The van der Waals surface area contributed by atoms with Gasteiger partial charge < -0.3 is 15.4 Å². The molecule has 3 rings (SSSR count). The van der Waals surface area contributed by atoms with Crippen LogP contribution in [0.5, 0.6) is 0 Å². The van der Waals surface area contributed by atoms with Gasteiger partial charge in [0, 0.05) is 18.8 Å². The lowest BCUT2D eigenvalue weighted by molar-refractivity contribution is -0.192. The van der Waals surface area contributed by atoms with Crippen molar-refractivity contribution < 1.29 is 54.2 Å². The highest BCUT2D eigenvalue weighted by Crippen LogP contribution is 2.36. The molecule has 3 N–H and O–H groups in total. The zero-order valence-corrected chi connectivity index (χ0v) is 18.7. The fraction of sp³-hybridized carbons (Fsp3) is 0.273. The summed E-state index contributed by atoms with van der Waals surface area (Å²) >= 11 is 0. The standard InChI is InChI=1S/C20H16F6N4O.C2HF3O2/c21-19(22,23)13-5-3-12(4-6-13)17(18-15(20(24,25)26)2-1-9-28-18)30-16(31)8-7-14-10-27-11-29-14;3-2(4,5)1(6)7/h1-6,9-11,17H,7-8H2,(H,27,29)(H,30,31);(H,6,7)/t17-;/m0./s1. The van der Waals surface area contributed by atoms with E-state index in [1.54, 1.807) is 6.20 Å². The molecule has 7 nitrogen and oxygen atoms in total. The summed E-state index contributed by atoms with van der Waals surface area (Å²) in [7, 11) is 0. The van der Waals surface area contributed by atoms with Crippen LogP contribution < -0.4 is 5.32 Å². The van der Waals surface area contributed by atoms with Crippen molar-refractivity contribution >= 4 is 11.9 Å². The van der Waals surface area contributed by atoms with Crippen LogP contribution in [0.4, 0.5) is 39.5 Å². The van der Waals surface area contributed by atoms with Crippen molar-refractivity contribution in [3.8, 4) is 0 Å². The van der Waals surface area contributed by atoms with Gasteiger partial charge >= 0.3 is 24.5 Å². The zero-order chi connectivity index (χ0) is 28.7. The molecule has 206 valence electrons. The Morgan fingerprint density at radius 1 is 0.921 bits per heavy atom. The van der Waals surface area contributed by atoms with Gasteiger partial charge in [-0.15, -0.1) is 0 Å². The quantitative estimate of drug-likeness (QED) is 0.357. The number of pyridine rings is 1. The van der Waals surface area contributed by atoms with Crippen molar-refractivity contribution in [1.29, 1.82) is 0 Å². The number of nitrogens with zero attached hydrogens (tertiary/aromatic N) is 2. The van der Waals surface area contributed by atoms with E-state index in [-0.39, 0.29) is 18.4 Å². The number of halogens is 9. The molecule has 0 bridgehead atoms. The van der Waals surface area contributed by atoms with Crippen LogP contribution in [0.1, 0.15) is 40.5 Å². The van der Waals surface area contributed by atoms with Crippen LogP contribution in [0.2, 0.25) is 0 Å². The lowest BCUT2D eigenvalue weighted by Crippen LogP contribution is -2.32. The number of aryl methyl sites for hydroxylation is 1. The second-order valence-electron chi connectivity index (χ2n) is 7.42. The highest BCUT2D eigenvalue weighted by Gasteiger charge is 2.38. The molecular weight excluding hydrogens is 539 g/mol. The number of hydrogen-bond acceptors (Lipinski definition) is 4. The van der Waals surface area contributed by atoms with Gasteiger partial charge in [-0.05, 0) is 36.2 Å². The molecule has 0 spiro atoms. The minimum atomic E-state index is -5.08. The molecule has 0 radical (unpaired) electrons. The van der Waals surface area contributed by atoms with E-state index < -0.39 is 53.3 Å². The predicted octanol–water partition coefficient (Wildman–Crippen LogP) is 5.31. The van der Waals surface area contributed by atoms with Gasteiger partial charge in [0.25, 0.3) is 0 Å². The van der Waals surface area contributed by atoms with Gasteiger partial charge in [-0.25, -0.2) is 9.78 Å². The van der Waals surface area contributed by atoms with Gasteiger partial charge in [0.2, 0.25) is 5.91 Å². The summed E-state index contributed by atoms with van der Waals surface area (Å²) in [5.41, 5.74) is -1.95. The second-order valence-corrected chi connectivity index (χ2v) is 7.42. The Morgan fingerprint density at radius 3 is 2.00 bits per heavy atom. The van der Waals surface area contributed by atoms with Crippen LogP contribution >= 0.6 is 0 Å². The molecule has 3 aromatic rings. The van der Waals surface area contributed by atoms with Crippen LogP contribution in [0.3, 0.4) is 0 Å². The summed E-state index contributed by atoms with van der Waals surface area (Å²) in [6, 6.07) is 4.03. The van der Waals surface area contributed by atoms with Crippen LogP contribution in [0, 0.1) is 0 Å². The van der Waals surface area contributed by atoms with E-state index in [9.17, 15) is 44.3 Å². The fourth-order valence-electron chi connectivity index (χ4n) is 2.96. The molecule has 0 unspecified atom stereocenters. The molecule has 1 aromatic carbocycles. The number of rotatable bonds is 6. The van der Waals surface area contributed by atoms with Gasteiger partial charge in [0.05, 0.1) is 34.9 Å². The number of hydrogen-bond donors (Lipinski definition) is 3. The van der Waals surface area contributed by atoms with Gasteiger partial charge in [0.15, 0.2) is 0 Å². The summed E-state index contributed by atoms with van der Waals surface area (Å²) in [5.74, 6) is -3.36. The maximum atomic E-state index is 13.5. The average Bonchev–Trinajstić information content (AvgIpc) is 3.34. The van der Waals surface area contributed by atoms with Crippen molar-refractivity contribution in [2.75, 3.05) is 0 Å². The number of carboxylic acids is 1. The number of benzene rings is 1. The number of aromatic amines is 1. The summed E-state index contributed by atoms with van der Waals surface area (Å²) in [5, 5.41) is 9.59. The third-order valence-corrected chi connectivity index (χ3v) is 4.70. The third kappa shape index (κ3) is 8.77. The molecule has 0 aliphatic rings. The van der Waals surface area contributed by atoms with Gasteiger partial charge in [-0.3, -0.25) is 9.78 Å². The Kier molecular flexibility index (Phi) is 9.48. The Morgan fingerprint density at radius 2 is 1.53 bits per heavy atom. The van der Waals surface area contributed by atoms with E-state index in [2.05, 4.69) is 20.3 Å². The number of carbonyl (C=O) groups is 2. The van der Waals surface area contributed by atoms with Crippen LogP contribution in [-0.4, -0.2) is 38.1 Å². The summed E-state index contributed by atoms with van der Waals surface area (Å²) in [4.78, 5) is 31.8. The molecule has 0 saturated heterocycles. The first-order valence-corrected chi connectivity index (χ1v) is 10.3. The second kappa shape index (κ2) is 12.0. The molecule has 0 aliphatic carbocycles. The highest BCUT2D eigenvalue weighted by molar-refractivity contribution is 5.77. The molecule has 38 heavy (non-hydrogen) atoms. The van der Waals surface area contributed by atoms with Crippen molar-refractivity contribution in [3.05, 3.63) is 83.2 Å². The number of nitrogens with one attached hydrogen (secondary N) is 2. The normalized spacial score (nSPS) is 12.8. The fourth-order valence-corrected chi connectivity index (χ4v) is 2.96. The number of amides is 1. The number of aromatic nitrogens is 3. The molecule has 0 fully saturated rings. The van der Waals surface area contributed by atoms with Crippen LogP contribution in [0.25, 0.3) is 0 Å². The largest absolute Gasteiger partial charge is 0.490 e. The number of aliphatic carboxylic acids is 1. The first-order valence-electron chi connectivity index (χ1n) is 10.3. The zero-order valence-electron chi connectivity index (χ0n) is 18.7. The predicted molar refractivity (Wildman–Crippen MR) is 111 cm³/mol. The molecule has 0 aliphatic heterocycles. The third-order valence-electron chi connectivity index (χ3n) is 4.70. The van der Waals surface area contributed by atoms with Crippen LogP contribution in [-0.2, 0) is 28.4 Å². The van der Waals surface area contributed by atoms with Crippen molar-refractivity contribution in [1.82, 2.24) is 20.3 Å². The Bertz CT molecular complexity index is 1210. The lowest BCUT2D eigenvalue weighted by atomic mass is 9.97. The number of imidazole rings is 1. The number of carboxylic acid groups (broad SMARTS) is 1. The van der Waals surface area contributed by atoms with E-state index >= 15 is 0 Å². The molecule has 1 atom stereocenters. The van der Waals surface area contributed by atoms with Gasteiger partial charge in [-0.1, -0.05) is 12.1 Å². The van der Waals surface area contributed by atoms with Crippen molar-refractivity contribution in [2.24, 2.45) is 0 Å². The Balaban J connectivity index is 0.000000638. The average molecular weight is 556 g/mol.